The Bertz CT molecular complexity index is 344. The summed E-state index contributed by atoms with van der Waals surface area (Å²) in [6, 6.07) is 6.75. The number of fused-ring (bicyclic) bond motifs is 1. The Labute approximate surface area is 92.3 Å². The number of hydrogen-bond donors (Lipinski definition) is 1. The van der Waals surface area contributed by atoms with Gasteiger partial charge < -0.3 is 10.2 Å². The van der Waals surface area contributed by atoms with Gasteiger partial charge in [0.05, 0.1) is 0 Å². The molecule has 0 amide bonds. The van der Waals surface area contributed by atoms with Gasteiger partial charge in [-0.05, 0) is 51.2 Å². The average molecular weight is 204 g/mol. The second-order valence-corrected chi connectivity index (χ2v) is 4.76. The smallest absolute Gasteiger partial charge is 0.0379 e. The van der Waals surface area contributed by atoms with Gasteiger partial charge in [-0.3, -0.25) is 0 Å². The molecule has 0 bridgehead atoms. The van der Waals surface area contributed by atoms with Gasteiger partial charge in [0.15, 0.2) is 0 Å². The predicted molar refractivity (Wildman–Crippen MR) is 65.6 cm³/mol. The number of rotatable bonds is 3. The number of nitrogens with zero attached hydrogens (tertiary/aromatic N) is 1. The van der Waals surface area contributed by atoms with E-state index < -0.39 is 0 Å². The van der Waals surface area contributed by atoms with Crippen molar-refractivity contribution in [3.63, 3.8) is 0 Å². The molecular formula is C13H20N2. The molecule has 2 rings (SSSR count). The molecule has 0 aliphatic carbocycles. The van der Waals surface area contributed by atoms with Gasteiger partial charge in [-0.25, -0.2) is 0 Å². The summed E-state index contributed by atoms with van der Waals surface area (Å²) in [6.07, 6.45) is 1.25. The third-order valence-electron chi connectivity index (χ3n) is 3.11. The fourth-order valence-corrected chi connectivity index (χ4v) is 2.19. The minimum Gasteiger partial charge on any atom is -0.384 e. The summed E-state index contributed by atoms with van der Waals surface area (Å²) in [5.74, 6) is 0.697. The van der Waals surface area contributed by atoms with Crippen LogP contribution in [0.25, 0.3) is 0 Å². The Balaban J connectivity index is 2.08. The van der Waals surface area contributed by atoms with E-state index in [0.717, 1.165) is 6.54 Å². The van der Waals surface area contributed by atoms with Crippen molar-refractivity contribution in [3.05, 3.63) is 29.3 Å². The Hall–Kier alpha value is -1.02. The van der Waals surface area contributed by atoms with Gasteiger partial charge in [0.1, 0.15) is 0 Å². The molecule has 1 aliphatic heterocycles. The minimum absolute atomic E-state index is 0.697. The Morgan fingerprint density at radius 2 is 2.20 bits per heavy atom. The van der Waals surface area contributed by atoms with E-state index in [1.807, 2.05) is 0 Å². The van der Waals surface area contributed by atoms with Crippen LogP contribution < -0.4 is 5.32 Å². The lowest BCUT2D eigenvalue weighted by Gasteiger charge is -2.14. The van der Waals surface area contributed by atoms with Crippen LogP contribution in [-0.2, 0) is 0 Å². The zero-order valence-electron chi connectivity index (χ0n) is 9.88. The summed E-state index contributed by atoms with van der Waals surface area (Å²) in [4.78, 5) is 2.26. The van der Waals surface area contributed by atoms with E-state index in [1.165, 1.54) is 29.8 Å². The van der Waals surface area contributed by atoms with Crippen LogP contribution in [0.3, 0.4) is 0 Å². The van der Waals surface area contributed by atoms with Crippen molar-refractivity contribution in [2.75, 3.05) is 32.5 Å². The highest BCUT2D eigenvalue weighted by atomic mass is 15.0. The zero-order chi connectivity index (χ0) is 10.8. The highest BCUT2D eigenvalue weighted by Gasteiger charge is 2.21. The van der Waals surface area contributed by atoms with Gasteiger partial charge >= 0.3 is 0 Å². The normalized spacial score (nSPS) is 19.1. The van der Waals surface area contributed by atoms with Crippen molar-refractivity contribution in [2.24, 2.45) is 0 Å². The first kappa shape index (κ1) is 10.5. The molecule has 1 aromatic rings. The molecule has 1 aromatic carbocycles. The van der Waals surface area contributed by atoms with Crippen LogP contribution >= 0.6 is 0 Å². The SMILES string of the molecule is Cc1ccc2c(c1)NCC2CCN(C)C. The third kappa shape index (κ3) is 2.32. The fourth-order valence-electron chi connectivity index (χ4n) is 2.19. The fraction of sp³-hybridized carbons (Fsp3) is 0.538. The number of anilines is 1. The summed E-state index contributed by atoms with van der Waals surface area (Å²) in [6.45, 7) is 4.42. The first-order valence-electron chi connectivity index (χ1n) is 5.66. The second-order valence-electron chi connectivity index (χ2n) is 4.76. The Kier molecular flexibility index (Phi) is 2.96. The molecule has 15 heavy (non-hydrogen) atoms. The average Bonchev–Trinajstić information content (AvgIpc) is 2.57. The van der Waals surface area contributed by atoms with E-state index in [1.54, 1.807) is 0 Å². The van der Waals surface area contributed by atoms with E-state index in [9.17, 15) is 0 Å². The van der Waals surface area contributed by atoms with Gasteiger partial charge in [0.2, 0.25) is 0 Å². The molecule has 0 aromatic heterocycles. The van der Waals surface area contributed by atoms with Gasteiger partial charge in [-0.15, -0.1) is 0 Å². The summed E-state index contributed by atoms with van der Waals surface area (Å²) in [5.41, 5.74) is 4.19. The van der Waals surface area contributed by atoms with Crippen molar-refractivity contribution in [3.8, 4) is 0 Å². The van der Waals surface area contributed by atoms with Crippen molar-refractivity contribution >= 4 is 5.69 Å². The first-order chi connectivity index (χ1) is 7.16. The van der Waals surface area contributed by atoms with E-state index in [4.69, 9.17) is 0 Å². The summed E-state index contributed by atoms with van der Waals surface area (Å²) in [7, 11) is 4.27. The Morgan fingerprint density at radius 1 is 1.40 bits per heavy atom. The molecule has 1 N–H and O–H groups in total. The van der Waals surface area contributed by atoms with Crippen LogP contribution in [0.1, 0.15) is 23.5 Å². The van der Waals surface area contributed by atoms with Crippen LogP contribution in [0.2, 0.25) is 0 Å². The number of aryl methyl sites for hydroxylation is 1. The number of nitrogens with one attached hydrogen (secondary N) is 1. The largest absolute Gasteiger partial charge is 0.384 e. The van der Waals surface area contributed by atoms with Crippen LogP contribution in [0.4, 0.5) is 5.69 Å². The van der Waals surface area contributed by atoms with E-state index in [2.05, 4.69) is 49.4 Å². The van der Waals surface area contributed by atoms with Gasteiger partial charge in [-0.1, -0.05) is 12.1 Å². The van der Waals surface area contributed by atoms with E-state index >= 15 is 0 Å². The topological polar surface area (TPSA) is 15.3 Å². The zero-order valence-corrected chi connectivity index (χ0v) is 9.88. The monoisotopic (exact) mass is 204 g/mol. The molecule has 2 heteroatoms. The lowest BCUT2D eigenvalue weighted by atomic mass is 9.97. The standard InChI is InChI=1S/C13H20N2/c1-10-4-5-12-11(6-7-15(2)3)9-14-13(12)8-10/h4-5,8,11,14H,6-7,9H2,1-3H3. The van der Waals surface area contributed by atoms with E-state index in [-0.39, 0.29) is 0 Å². The molecule has 1 heterocycles. The molecule has 2 nitrogen and oxygen atoms in total. The van der Waals surface area contributed by atoms with Gasteiger partial charge in [0, 0.05) is 18.2 Å². The summed E-state index contributed by atoms with van der Waals surface area (Å²) >= 11 is 0. The summed E-state index contributed by atoms with van der Waals surface area (Å²) < 4.78 is 0. The lowest BCUT2D eigenvalue weighted by Crippen LogP contribution is -2.16. The molecule has 1 unspecified atom stereocenters. The van der Waals surface area contributed by atoms with Crippen molar-refractivity contribution in [1.29, 1.82) is 0 Å². The molecule has 0 saturated heterocycles. The van der Waals surface area contributed by atoms with Gasteiger partial charge in [-0.2, -0.15) is 0 Å². The Morgan fingerprint density at radius 3 is 2.93 bits per heavy atom. The molecule has 0 fully saturated rings. The molecule has 0 spiro atoms. The minimum atomic E-state index is 0.697. The van der Waals surface area contributed by atoms with Gasteiger partial charge in [0.25, 0.3) is 0 Å². The van der Waals surface area contributed by atoms with E-state index in [0.29, 0.717) is 5.92 Å². The maximum atomic E-state index is 3.50. The lowest BCUT2D eigenvalue weighted by molar-refractivity contribution is 0.386. The number of hydrogen-bond acceptors (Lipinski definition) is 2. The highest BCUT2D eigenvalue weighted by Crippen LogP contribution is 2.33. The molecule has 82 valence electrons. The second kappa shape index (κ2) is 4.23. The first-order valence-corrected chi connectivity index (χ1v) is 5.66. The maximum absolute atomic E-state index is 3.50. The van der Waals surface area contributed by atoms with Crippen LogP contribution in [0.5, 0.6) is 0 Å². The molecule has 1 aliphatic rings. The predicted octanol–water partition coefficient (Wildman–Crippen LogP) is 2.46. The third-order valence-corrected chi connectivity index (χ3v) is 3.11. The molecule has 1 atom stereocenters. The molecular weight excluding hydrogens is 184 g/mol. The van der Waals surface area contributed by atoms with Crippen LogP contribution in [0.15, 0.2) is 18.2 Å². The van der Waals surface area contributed by atoms with Crippen LogP contribution in [-0.4, -0.2) is 32.1 Å². The highest BCUT2D eigenvalue weighted by molar-refractivity contribution is 5.59. The van der Waals surface area contributed by atoms with Crippen molar-refractivity contribution in [2.45, 2.75) is 19.3 Å². The maximum Gasteiger partial charge on any atom is 0.0379 e. The number of benzene rings is 1. The molecule has 0 saturated carbocycles. The van der Waals surface area contributed by atoms with Crippen LogP contribution in [0, 0.1) is 6.92 Å². The molecule has 0 radical (unpaired) electrons. The summed E-state index contributed by atoms with van der Waals surface area (Å²) in [5, 5.41) is 3.50. The van der Waals surface area contributed by atoms with Crippen molar-refractivity contribution in [1.82, 2.24) is 4.90 Å². The van der Waals surface area contributed by atoms with Crippen molar-refractivity contribution < 1.29 is 0 Å². The quantitative estimate of drug-likeness (QED) is 0.813.